The number of aromatic nitrogens is 2. The van der Waals surface area contributed by atoms with Crippen LogP contribution in [0.5, 0.6) is 0 Å². The van der Waals surface area contributed by atoms with Gasteiger partial charge >= 0.3 is 5.97 Å². The number of carbonyl (C=O) groups is 1. The molecule has 5 nitrogen and oxygen atoms in total. The van der Waals surface area contributed by atoms with Gasteiger partial charge in [-0.05, 0) is 43.3 Å². The number of fused-ring (bicyclic) bond motifs is 1. The van der Waals surface area contributed by atoms with E-state index in [1.807, 2.05) is 30.3 Å². The number of esters is 1. The Morgan fingerprint density at radius 1 is 1.29 bits per heavy atom. The van der Waals surface area contributed by atoms with Crippen molar-refractivity contribution in [3.63, 3.8) is 0 Å². The smallest absolute Gasteiger partial charge is 0.338 e. The highest BCUT2D eigenvalue weighted by Crippen LogP contribution is 2.21. The van der Waals surface area contributed by atoms with Crippen LogP contribution in [0.1, 0.15) is 17.3 Å². The van der Waals surface area contributed by atoms with Gasteiger partial charge in [0.25, 0.3) is 0 Å². The summed E-state index contributed by atoms with van der Waals surface area (Å²) in [4.78, 5) is 11.8. The first kappa shape index (κ1) is 13.2. The molecule has 0 saturated heterocycles. The van der Waals surface area contributed by atoms with Crippen LogP contribution in [0.15, 0.2) is 48.7 Å². The molecule has 3 aromatic rings. The molecule has 3 rings (SSSR count). The average molecular weight is 281 g/mol. The Balaban J connectivity index is 2.06. The van der Waals surface area contributed by atoms with E-state index < -0.39 is 0 Å². The largest absolute Gasteiger partial charge is 0.462 e. The van der Waals surface area contributed by atoms with Crippen molar-refractivity contribution < 1.29 is 9.53 Å². The lowest BCUT2D eigenvalue weighted by atomic mass is 10.2. The second-order valence-electron chi connectivity index (χ2n) is 4.65. The van der Waals surface area contributed by atoms with Crippen molar-refractivity contribution in [1.29, 1.82) is 0 Å². The van der Waals surface area contributed by atoms with Crippen LogP contribution >= 0.6 is 0 Å². The Morgan fingerprint density at radius 2 is 2.14 bits per heavy atom. The Labute approximate surface area is 121 Å². The fraction of sp³-hybridized carbons (Fsp3) is 0.125. The molecule has 2 aromatic carbocycles. The predicted octanol–water partition coefficient (Wildman–Crippen LogP) is 2.78. The van der Waals surface area contributed by atoms with E-state index in [1.54, 1.807) is 29.9 Å². The molecule has 0 radical (unpaired) electrons. The third-order valence-corrected chi connectivity index (χ3v) is 3.19. The number of hydrogen-bond acceptors (Lipinski definition) is 4. The zero-order valence-corrected chi connectivity index (χ0v) is 11.6. The zero-order valence-electron chi connectivity index (χ0n) is 11.6. The molecule has 0 atom stereocenters. The molecule has 0 aliphatic heterocycles. The Morgan fingerprint density at radius 3 is 2.95 bits per heavy atom. The zero-order chi connectivity index (χ0) is 14.8. The number of hydrogen-bond donors (Lipinski definition) is 1. The Bertz CT molecular complexity index is 808. The minimum atomic E-state index is -0.333. The average Bonchev–Trinajstić information content (AvgIpc) is 2.90. The highest BCUT2D eigenvalue weighted by molar-refractivity contribution is 5.90. The van der Waals surface area contributed by atoms with E-state index in [1.165, 1.54) is 0 Å². The van der Waals surface area contributed by atoms with Crippen molar-refractivity contribution in [2.75, 3.05) is 12.3 Å². The predicted molar refractivity (Wildman–Crippen MR) is 81.4 cm³/mol. The maximum absolute atomic E-state index is 11.8. The number of nitrogens with zero attached hydrogens (tertiary/aromatic N) is 2. The number of anilines is 1. The molecule has 1 aromatic heterocycles. The van der Waals surface area contributed by atoms with Gasteiger partial charge in [0.1, 0.15) is 0 Å². The molecule has 5 heteroatoms. The van der Waals surface area contributed by atoms with Crippen LogP contribution in [0.2, 0.25) is 0 Å². The van der Waals surface area contributed by atoms with Gasteiger partial charge in [0.15, 0.2) is 0 Å². The number of rotatable bonds is 3. The number of ether oxygens (including phenoxy) is 1. The standard InChI is InChI=1S/C16H15N3O2/c1-2-21-16(20)11-4-3-5-14(9-11)19-15-7-6-13(17)8-12(15)10-18-19/h3-10H,2,17H2,1H3. The first-order chi connectivity index (χ1) is 10.2. The molecule has 2 N–H and O–H groups in total. The normalized spacial score (nSPS) is 10.7. The summed E-state index contributed by atoms with van der Waals surface area (Å²) in [7, 11) is 0. The van der Waals surface area contributed by atoms with Crippen LogP contribution in [-0.2, 0) is 4.74 Å². The Hall–Kier alpha value is -2.82. The highest BCUT2D eigenvalue weighted by atomic mass is 16.5. The van der Waals surface area contributed by atoms with E-state index >= 15 is 0 Å². The number of nitrogens with two attached hydrogens (primary N) is 1. The summed E-state index contributed by atoms with van der Waals surface area (Å²) in [6.07, 6.45) is 1.75. The van der Waals surface area contributed by atoms with Gasteiger partial charge in [0.2, 0.25) is 0 Å². The van der Waals surface area contributed by atoms with Crippen LogP contribution in [0.4, 0.5) is 5.69 Å². The van der Waals surface area contributed by atoms with E-state index in [4.69, 9.17) is 10.5 Å². The summed E-state index contributed by atoms with van der Waals surface area (Å²) < 4.78 is 6.79. The van der Waals surface area contributed by atoms with Crippen LogP contribution in [0.25, 0.3) is 16.6 Å². The van der Waals surface area contributed by atoms with Crippen molar-refractivity contribution in [2.45, 2.75) is 6.92 Å². The topological polar surface area (TPSA) is 70.1 Å². The minimum absolute atomic E-state index is 0.333. The monoisotopic (exact) mass is 281 g/mol. The van der Waals surface area contributed by atoms with E-state index in [9.17, 15) is 4.79 Å². The molecule has 0 saturated carbocycles. The lowest BCUT2D eigenvalue weighted by molar-refractivity contribution is 0.0526. The van der Waals surface area contributed by atoms with Crippen molar-refractivity contribution >= 4 is 22.6 Å². The molecular weight excluding hydrogens is 266 g/mol. The van der Waals surface area contributed by atoms with E-state index in [2.05, 4.69) is 5.10 Å². The summed E-state index contributed by atoms with van der Waals surface area (Å²) in [6, 6.07) is 12.8. The lowest BCUT2D eigenvalue weighted by Gasteiger charge is -2.06. The quantitative estimate of drug-likeness (QED) is 0.592. The third-order valence-electron chi connectivity index (χ3n) is 3.19. The molecule has 21 heavy (non-hydrogen) atoms. The fourth-order valence-corrected chi connectivity index (χ4v) is 2.24. The molecule has 106 valence electrons. The van der Waals surface area contributed by atoms with Gasteiger partial charge in [0.05, 0.1) is 29.6 Å². The van der Waals surface area contributed by atoms with E-state index in [-0.39, 0.29) is 5.97 Å². The van der Waals surface area contributed by atoms with Crippen LogP contribution < -0.4 is 5.73 Å². The molecule has 0 aliphatic rings. The summed E-state index contributed by atoms with van der Waals surface area (Å²) in [5.41, 5.74) is 8.72. The van der Waals surface area contributed by atoms with Crippen molar-refractivity contribution in [1.82, 2.24) is 9.78 Å². The van der Waals surface area contributed by atoms with E-state index in [0.717, 1.165) is 16.6 Å². The fourth-order valence-electron chi connectivity index (χ4n) is 2.24. The highest BCUT2D eigenvalue weighted by Gasteiger charge is 2.10. The summed E-state index contributed by atoms with van der Waals surface area (Å²) in [5, 5.41) is 5.32. The van der Waals surface area contributed by atoms with Gasteiger partial charge in [-0.1, -0.05) is 6.07 Å². The SMILES string of the molecule is CCOC(=O)c1cccc(-n2ncc3cc(N)ccc32)c1. The van der Waals surface area contributed by atoms with E-state index in [0.29, 0.717) is 17.9 Å². The molecule has 0 aliphatic carbocycles. The molecule has 0 fully saturated rings. The van der Waals surface area contributed by atoms with Gasteiger partial charge in [-0.2, -0.15) is 5.10 Å². The molecule has 0 unspecified atom stereocenters. The van der Waals surface area contributed by atoms with Gasteiger partial charge in [0, 0.05) is 11.1 Å². The summed E-state index contributed by atoms with van der Waals surface area (Å²) in [5.74, 6) is -0.333. The molecule has 0 amide bonds. The lowest BCUT2D eigenvalue weighted by Crippen LogP contribution is -2.06. The maximum Gasteiger partial charge on any atom is 0.338 e. The third kappa shape index (κ3) is 2.45. The molecule has 1 heterocycles. The minimum Gasteiger partial charge on any atom is -0.462 e. The van der Waals surface area contributed by atoms with Crippen LogP contribution in [0, 0.1) is 0 Å². The number of benzene rings is 2. The second-order valence-corrected chi connectivity index (χ2v) is 4.65. The number of nitrogen functional groups attached to an aromatic ring is 1. The van der Waals surface area contributed by atoms with Crippen molar-refractivity contribution in [3.05, 3.63) is 54.2 Å². The maximum atomic E-state index is 11.8. The van der Waals surface area contributed by atoms with Gasteiger partial charge in [-0.3, -0.25) is 0 Å². The number of carbonyl (C=O) groups excluding carboxylic acids is 1. The molecular formula is C16H15N3O2. The van der Waals surface area contributed by atoms with Crippen molar-refractivity contribution in [3.8, 4) is 5.69 Å². The van der Waals surface area contributed by atoms with Gasteiger partial charge < -0.3 is 10.5 Å². The van der Waals surface area contributed by atoms with Gasteiger partial charge in [-0.25, -0.2) is 9.48 Å². The first-order valence-electron chi connectivity index (χ1n) is 6.70. The molecule has 0 bridgehead atoms. The Kier molecular flexibility index (Phi) is 3.31. The second kappa shape index (κ2) is 5.28. The van der Waals surface area contributed by atoms with Crippen LogP contribution in [-0.4, -0.2) is 22.4 Å². The summed E-state index contributed by atoms with van der Waals surface area (Å²) >= 11 is 0. The first-order valence-corrected chi connectivity index (χ1v) is 6.70. The van der Waals surface area contributed by atoms with Crippen molar-refractivity contribution in [2.24, 2.45) is 0 Å². The van der Waals surface area contributed by atoms with Gasteiger partial charge in [-0.15, -0.1) is 0 Å². The summed E-state index contributed by atoms with van der Waals surface area (Å²) in [6.45, 7) is 2.14. The molecule has 0 spiro atoms. The van der Waals surface area contributed by atoms with Crippen LogP contribution in [0.3, 0.4) is 0 Å².